The molecule has 9 nitrogen and oxygen atoms in total. The van der Waals surface area contributed by atoms with E-state index in [1.54, 1.807) is 13.4 Å². The fourth-order valence-electron chi connectivity index (χ4n) is 5.24. The first-order chi connectivity index (χ1) is 14.8. The Morgan fingerprint density at radius 2 is 1.81 bits per heavy atom. The van der Waals surface area contributed by atoms with Gasteiger partial charge in [0.25, 0.3) is 5.56 Å². The van der Waals surface area contributed by atoms with Crippen LogP contribution in [0.1, 0.15) is 52.4 Å². The summed E-state index contributed by atoms with van der Waals surface area (Å²) in [7, 11) is 3.13. The maximum Gasteiger partial charge on any atom is 0.332 e. The minimum atomic E-state index is -0.365. The summed E-state index contributed by atoms with van der Waals surface area (Å²) in [5, 5.41) is 0. The van der Waals surface area contributed by atoms with E-state index >= 15 is 0 Å². The highest BCUT2D eigenvalue weighted by atomic mass is 16.5. The van der Waals surface area contributed by atoms with Crippen molar-refractivity contribution in [2.24, 2.45) is 20.0 Å². The Kier molecular flexibility index (Phi) is 6.05. The van der Waals surface area contributed by atoms with Gasteiger partial charge in [-0.3, -0.25) is 23.6 Å². The van der Waals surface area contributed by atoms with Gasteiger partial charge in [-0.15, -0.1) is 0 Å². The van der Waals surface area contributed by atoms with Crippen LogP contribution in [0.2, 0.25) is 0 Å². The number of rotatable bonds is 7. The van der Waals surface area contributed by atoms with E-state index in [1.165, 1.54) is 11.6 Å². The Hall–Kier alpha value is -2.42. The molecular formula is C22H33N5O4. The van der Waals surface area contributed by atoms with Crippen molar-refractivity contribution >= 4 is 17.1 Å². The third-order valence-corrected chi connectivity index (χ3v) is 6.75. The second kappa shape index (κ2) is 8.61. The summed E-state index contributed by atoms with van der Waals surface area (Å²) in [6.45, 7) is 5.68. The standard InChI is InChI=1S/C22H33N5O4/c1-14(2)10-18(28)31-17-11-15-6-7-16(12-17)27(15)9-5-8-26-13-23-20-19(26)21(29)25(4)22(30)24(20)3/h13-17H,5-12H2,1-4H3. The van der Waals surface area contributed by atoms with Crippen LogP contribution in [-0.2, 0) is 30.2 Å². The van der Waals surface area contributed by atoms with Crippen molar-refractivity contribution in [3.63, 3.8) is 0 Å². The Balaban J connectivity index is 1.37. The molecule has 2 atom stereocenters. The first kappa shape index (κ1) is 21.8. The van der Waals surface area contributed by atoms with Crippen molar-refractivity contribution < 1.29 is 9.53 Å². The lowest BCUT2D eigenvalue weighted by molar-refractivity contribution is -0.153. The molecule has 2 saturated heterocycles. The summed E-state index contributed by atoms with van der Waals surface area (Å²) in [5.74, 6) is 0.249. The molecule has 4 heterocycles. The van der Waals surface area contributed by atoms with Crippen LogP contribution in [0.3, 0.4) is 0 Å². The number of aromatic nitrogens is 4. The fraction of sp³-hybridized carbons (Fsp3) is 0.727. The van der Waals surface area contributed by atoms with E-state index in [0.717, 1.165) is 43.2 Å². The molecule has 2 bridgehead atoms. The van der Waals surface area contributed by atoms with E-state index in [1.807, 2.05) is 18.4 Å². The molecule has 2 unspecified atom stereocenters. The fourth-order valence-corrected chi connectivity index (χ4v) is 5.24. The molecule has 2 aliphatic heterocycles. The maximum absolute atomic E-state index is 12.6. The Labute approximate surface area is 181 Å². The molecule has 0 aromatic carbocycles. The quantitative estimate of drug-likeness (QED) is 0.616. The minimum absolute atomic E-state index is 0.0434. The van der Waals surface area contributed by atoms with E-state index in [0.29, 0.717) is 42.1 Å². The lowest BCUT2D eigenvalue weighted by Gasteiger charge is -2.38. The normalized spacial score (nSPS) is 23.7. The molecule has 9 heteroatoms. The molecule has 2 aliphatic rings. The van der Waals surface area contributed by atoms with Gasteiger partial charge in [0.2, 0.25) is 0 Å². The maximum atomic E-state index is 12.6. The van der Waals surface area contributed by atoms with Crippen LogP contribution in [0.25, 0.3) is 11.2 Å². The van der Waals surface area contributed by atoms with E-state index < -0.39 is 0 Å². The van der Waals surface area contributed by atoms with Gasteiger partial charge < -0.3 is 9.30 Å². The number of fused-ring (bicyclic) bond motifs is 3. The molecule has 0 radical (unpaired) electrons. The van der Waals surface area contributed by atoms with Gasteiger partial charge in [0.1, 0.15) is 6.10 Å². The summed E-state index contributed by atoms with van der Waals surface area (Å²) in [6, 6.07) is 0.924. The zero-order valence-electron chi connectivity index (χ0n) is 18.9. The molecule has 31 heavy (non-hydrogen) atoms. The topological polar surface area (TPSA) is 91.4 Å². The predicted octanol–water partition coefficient (Wildman–Crippen LogP) is 1.41. The minimum Gasteiger partial charge on any atom is -0.462 e. The molecule has 0 amide bonds. The molecule has 0 saturated carbocycles. The van der Waals surface area contributed by atoms with E-state index in [4.69, 9.17) is 4.74 Å². The van der Waals surface area contributed by atoms with Crippen molar-refractivity contribution in [2.45, 2.75) is 77.1 Å². The molecule has 2 fully saturated rings. The summed E-state index contributed by atoms with van der Waals surface area (Å²) >= 11 is 0. The zero-order chi connectivity index (χ0) is 22.3. The van der Waals surface area contributed by atoms with Crippen LogP contribution in [0.15, 0.2) is 15.9 Å². The van der Waals surface area contributed by atoms with Crippen LogP contribution in [0.4, 0.5) is 0 Å². The van der Waals surface area contributed by atoms with E-state index in [9.17, 15) is 14.4 Å². The highest BCUT2D eigenvalue weighted by Gasteiger charge is 2.41. The smallest absolute Gasteiger partial charge is 0.332 e. The number of nitrogens with zero attached hydrogens (tertiary/aromatic N) is 5. The van der Waals surface area contributed by atoms with Crippen molar-refractivity contribution in [2.75, 3.05) is 6.54 Å². The van der Waals surface area contributed by atoms with Gasteiger partial charge in [0, 0.05) is 58.5 Å². The number of ether oxygens (including phenoxy) is 1. The summed E-state index contributed by atoms with van der Waals surface area (Å²) in [5.41, 5.74) is 0.233. The third-order valence-electron chi connectivity index (χ3n) is 6.75. The zero-order valence-corrected chi connectivity index (χ0v) is 18.9. The first-order valence-corrected chi connectivity index (χ1v) is 11.3. The molecule has 0 N–H and O–H groups in total. The Morgan fingerprint density at radius 1 is 1.13 bits per heavy atom. The van der Waals surface area contributed by atoms with E-state index in [-0.39, 0.29) is 23.3 Å². The van der Waals surface area contributed by atoms with Crippen molar-refractivity contribution in [3.8, 4) is 0 Å². The number of carbonyl (C=O) groups is 1. The highest BCUT2D eigenvalue weighted by Crippen LogP contribution is 2.37. The second-order valence-electron chi connectivity index (χ2n) is 9.47. The van der Waals surface area contributed by atoms with Crippen LogP contribution >= 0.6 is 0 Å². The highest BCUT2D eigenvalue weighted by molar-refractivity contribution is 5.70. The number of hydrogen-bond donors (Lipinski definition) is 0. The lowest BCUT2D eigenvalue weighted by Crippen LogP contribution is -2.46. The lowest BCUT2D eigenvalue weighted by atomic mass is 9.99. The average Bonchev–Trinajstić information content (AvgIpc) is 3.22. The van der Waals surface area contributed by atoms with Gasteiger partial charge in [-0.1, -0.05) is 13.8 Å². The van der Waals surface area contributed by atoms with Gasteiger partial charge in [0.05, 0.1) is 6.33 Å². The number of esters is 1. The van der Waals surface area contributed by atoms with Crippen LogP contribution in [-0.4, -0.2) is 54.3 Å². The van der Waals surface area contributed by atoms with Gasteiger partial charge >= 0.3 is 11.7 Å². The molecule has 2 aromatic heterocycles. The number of piperidine rings is 1. The van der Waals surface area contributed by atoms with Gasteiger partial charge in [-0.05, 0) is 25.2 Å². The molecule has 4 rings (SSSR count). The van der Waals surface area contributed by atoms with Crippen LogP contribution in [0, 0.1) is 5.92 Å². The number of imidazole rings is 1. The van der Waals surface area contributed by atoms with Crippen molar-refractivity contribution in [3.05, 3.63) is 27.2 Å². The second-order valence-corrected chi connectivity index (χ2v) is 9.47. The number of carbonyl (C=O) groups excluding carboxylic acids is 1. The van der Waals surface area contributed by atoms with Gasteiger partial charge in [0.15, 0.2) is 11.2 Å². The van der Waals surface area contributed by atoms with E-state index in [2.05, 4.69) is 9.88 Å². The Morgan fingerprint density at radius 3 is 2.45 bits per heavy atom. The molecular weight excluding hydrogens is 398 g/mol. The van der Waals surface area contributed by atoms with Crippen LogP contribution in [0.5, 0.6) is 0 Å². The van der Waals surface area contributed by atoms with Gasteiger partial charge in [-0.2, -0.15) is 0 Å². The van der Waals surface area contributed by atoms with Gasteiger partial charge in [-0.25, -0.2) is 9.78 Å². The third kappa shape index (κ3) is 4.20. The predicted molar refractivity (Wildman–Crippen MR) is 117 cm³/mol. The SMILES string of the molecule is CC(C)CC(=O)OC1CC2CCC(C1)N2CCCn1cnc2c1c(=O)n(C)c(=O)n2C. The van der Waals surface area contributed by atoms with Crippen molar-refractivity contribution in [1.82, 2.24) is 23.6 Å². The molecule has 0 aliphatic carbocycles. The largest absolute Gasteiger partial charge is 0.462 e. The first-order valence-electron chi connectivity index (χ1n) is 11.3. The molecule has 0 spiro atoms. The molecule has 2 aromatic rings. The number of aryl methyl sites for hydroxylation is 2. The monoisotopic (exact) mass is 431 g/mol. The summed E-state index contributed by atoms with van der Waals surface area (Å²) in [6.07, 6.45) is 7.21. The number of hydrogen-bond acceptors (Lipinski definition) is 6. The van der Waals surface area contributed by atoms with Crippen LogP contribution < -0.4 is 11.2 Å². The Bertz CT molecular complexity index is 1070. The summed E-state index contributed by atoms with van der Waals surface area (Å²) < 4.78 is 10.2. The molecule has 170 valence electrons. The summed E-state index contributed by atoms with van der Waals surface area (Å²) in [4.78, 5) is 43.6. The van der Waals surface area contributed by atoms with Crippen molar-refractivity contribution in [1.29, 1.82) is 0 Å². The average molecular weight is 432 g/mol.